The van der Waals surface area contributed by atoms with Crippen molar-refractivity contribution in [2.24, 2.45) is 5.92 Å². The number of carbonyl (C=O) groups is 3. The molecule has 0 radical (unpaired) electrons. The molecule has 2 atom stereocenters. The summed E-state index contributed by atoms with van der Waals surface area (Å²) >= 11 is 1.13. The van der Waals surface area contributed by atoms with Gasteiger partial charge in [0.25, 0.3) is 0 Å². The molecule has 0 fully saturated rings. The van der Waals surface area contributed by atoms with E-state index in [-0.39, 0.29) is 22.8 Å². The number of rotatable bonds is 7. The van der Waals surface area contributed by atoms with Crippen molar-refractivity contribution in [3.63, 3.8) is 0 Å². The van der Waals surface area contributed by atoms with Crippen LogP contribution in [0.2, 0.25) is 0 Å². The molecule has 1 rings (SSSR count). The number of carbonyl (C=O) groups excluding carboxylic acids is 3. The second kappa shape index (κ2) is 9.25. The molecular weight excluding hydrogens is 302 g/mol. The molecule has 1 aromatic rings. The number of hydrogen-bond acceptors (Lipinski definition) is 5. The monoisotopic (exact) mass is 323 g/mol. The van der Waals surface area contributed by atoms with Gasteiger partial charge in [-0.05, 0) is 12.0 Å². The van der Waals surface area contributed by atoms with Gasteiger partial charge in [-0.1, -0.05) is 49.0 Å². The van der Waals surface area contributed by atoms with Crippen molar-refractivity contribution in [1.29, 1.82) is 0 Å². The lowest BCUT2D eigenvalue weighted by atomic mass is 9.95. The molecule has 0 saturated heterocycles. The molecule has 1 amide bonds. The van der Waals surface area contributed by atoms with E-state index in [9.17, 15) is 14.4 Å². The molecular formula is C16H21NO4S. The van der Waals surface area contributed by atoms with Gasteiger partial charge in [-0.3, -0.25) is 14.4 Å². The highest BCUT2D eigenvalue weighted by atomic mass is 32.2. The summed E-state index contributed by atoms with van der Waals surface area (Å²) in [4.78, 5) is 34.8. The van der Waals surface area contributed by atoms with Crippen LogP contribution in [0.3, 0.4) is 0 Å². The quantitative estimate of drug-likeness (QED) is 0.775. The second-order valence-electron chi connectivity index (χ2n) is 4.90. The van der Waals surface area contributed by atoms with E-state index in [1.165, 1.54) is 14.0 Å². The van der Waals surface area contributed by atoms with E-state index in [0.29, 0.717) is 6.42 Å². The van der Waals surface area contributed by atoms with Gasteiger partial charge in [0.15, 0.2) is 5.12 Å². The average Bonchev–Trinajstić information content (AvgIpc) is 2.50. The van der Waals surface area contributed by atoms with Gasteiger partial charge in [0.1, 0.15) is 6.54 Å². The van der Waals surface area contributed by atoms with Crippen LogP contribution in [-0.4, -0.2) is 35.9 Å². The smallest absolute Gasteiger partial charge is 0.325 e. The van der Waals surface area contributed by atoms with Gasteiger partial charge in [-0.2, -0.15) is 0 Å². The molecule has 0 aliphatic heterocycles. The third-order valence-corrected chi connectivity index (χ3v) is 4.22. The minimum atomic E-state index is -0.501. The predicted octanol–water partition coefficient (Wildman–Crippen LogP) is 1.80. The van der Waals surface area contributed by atoms with E-state index in [1.807, 2.05) is 37.3 Å². The molecule has 120 valence electrons. The van der Waals surface area contributed by atoms with Crippen LogP contribution in [0, 0.1) is 5.92 Å². The summed E-state index contributed by atoms with van der Waals surface area (Å²) in [5, 5.41) is 2.35. The molecule has 0 aliphatic rings. The maximum Gasteiger partial charge on any atom is 0.325 e. The molecule has 0 aromatic heterocycles. The maximum absolute atomic E-state index is 12.3. The fraction of sp³-hybridized carbons (Fsp3) is 0.438. The highest BCUT2D eigenvalue weighted by molar-refractivity contribution is 8.14. The third kappa shape index (κ3) is 6.30. The molecule has 2 unspecified atom stereocenters. The summed E-state index contributed by atoms with van der Waals surface area (Å²) in [5.74, 6) is -1.16. The number of ether oxygens (including phenoxy) is 1. The van der Waals surface area contributed by atoms with E-state index >= 15 is 0 Å². The standard InChI is InChI=1S/C16H21NO4S/c1-11(22-12(2)18)14(9-13-7-5-4-6-8-13)16(20)17-10-15(19)21-3/h4-8,11,14H,9-10H2,1-3H3,(H,17,20). The Balaban J connectivity index is 2.78. The molecule has 22 heavy (non-hydrogen) atoms. The lowest BCUT2D eigenvalue weighted by Crippen LogP contribution is -2.39. The number of esters is 1. The van der Waals surface area contributed by atoms with Gasteiger partial charge in [0, 0.05) is 12.2 Å². The van der Waals surface area contributed by atoms with Crippen molar-refractivity contribution in [2.75, 3.05) is 13.7 Å². The fourth-order valence-corrected chi connectivity index (χ4v) is 2.95. The maximum atomic E-state index is 12.3. The Labute approximate surface area is 134 Å². The Hall–Kier alpha value is -1.82. The summed E-state index contributed by atoms with van der Waals surface area (Å²) in [5.41, 5.74) is 1.01. The van der Waals surface area contributed by atoms with E-state index in [1.54, 1.807) is 0 Å². The summed E-state index contributed by atoms with van der Waals surface area (Å²) in [6.07, 6.45) is 0.509. The van der Waals surface area contributed by atoms with Crippen LogP contribution in [0.4, 0.5) is 0 Å². The number of thioether (sulfide) groups is 1. The summed E-state index contributed by atoms with van der Waals surface area (Å²) in [7, 11) is 1.27. The van der Waals surface area contributed by atoms with E-state index in [4.69, 9.17) is 0 Å². The van der Waals surface area contributed by atoms with Crippen molar-refractivity contribution in [3.05, 3.63) is 35.9 Å². The number of benzene rings is 1. The van der Waals surface area contributed by atoms with Crippen LogP contribution < -0.4 is 5.32 Å². The molecule has 0 aliphatic carbocycles. The van der Waals surface area contributed by atoms with Gasteiger partial charge < -0.3 is 10.1 Å². The molecule has 5 nitrogen and oxygen atoms in total. The zero-order valence-corrected chi connectivity index (χ0v) is 13.8. The number of hydrogen-bond donors (Lipinski definition) is 1. The Bertz CT molecular complexity index is 518. The van der Waals surface area contributed by atoms with Crippen LogP contribution >= 0.6 is 11.8 Å². The topological polar surface area (TPSA) is 72.5 Å². The van der Waals surface area contributed by atoms with Crippen LogP contribution in [0.15, 0.2) is 30.3 Å². The van der Waals surface area contributed by atoms with Gasteiger partial charge in [0.2, 0.25) is 5.91 Å². The van der Waals surface area contributed by atoms with Crippen molar-refractivity contribution < 1.29 is 19.1 Å². The Morgan fingerprint density at radius 1 is 1.23 bits per heavy atom. The van der Waals surface area contributed by atoms with Crippen molar-refractivity contribution >= 4 is 28.8 Å². The van der Waals surface area contributed by atoms with Gasteiger partial charge in [0.05, 0.1) is 13.0 Å². The molecule has 1 N–H and O–H groups in total. The number of nitrogens with one attached hydrogen (secondary N) is 1. The predicted molar refractivity (Wildman–Crippen MR) is 86.4 cm³/mol. The zero-order chi connectivity index (χ0) is 16.5. The largest absolute Gasteiger partial charge is 0.468 e. The summed E-state index contributed by atoms with van der Waals surface area (Å²) in [6, 6.07) is 9.59. The molecule has 0 saturated carbocycles. The fourth-order valence-electron chi connectivity index (χ4n) is 2.05. The first kappa shape index (κ1) is 18.2. The molecule has 0 heterocycles. The first-order chi connectivity index (χ1) is 10.4. The number of methoxy groups -OCH3 is 1. The first-order valence-electron chi connectivity index (χ1n) is 6.99. The lowest BCUT2D eigenvalue weighted by Gasteiger charge is -2.22. The second-order valence-corrected chi connectivity index (χ2v) is 6.46. The highest BCUT2D eigenvalue weighted by Crippen LogP contribution is 2.24. The van der Waals surface area contributed by atoms with Crippen LogP contribution in [0.25, 0.3) is 0 Å². The van der Waals surface area contributed by atoms with Gasteiger partial charge >= 0.3 is 5.97 Å². The molecule has 1 aromatic carbocycles. The van der Waals surface area contributed by atoms with Crippen molar-refractivity contribution in [3.8, 4) is 0 Å². The minimum Gasteiger partial charge on any atom is -0.468 e. The zero-order valence-electron chi connectivity index (χ0n) is 13.0. The summed E-state index contributed by atoms with van der Waals surface area (Å²) in [6.45, 7) is 3.16. The lowest BCUT2D eigenvalue weighted by molar-refractivity contribution is -0.141. The molecule has 0 bridgehead atoms. The van der Waals surface area contributed by atoms with Gasteiger partial charge in [-0.15, -0.1) is 0 Å². The Morgan fingerprint density at radius 2 is 1.86 bits per heavy atom. The number of amides is 1. The third-order valence-electron chi connectivity index (χ3n) is 3.19. The molecule has 6 heteroatoms. The van der Waals surface area contributed by atoms with Gasteiger partial charge in [-0.25, -0.2) is 0 Å². The Morgan fingerprint density at radius 3 is 2.41 bits per heavy atom. The summed E-state index contributed by atoms with van der Waals surface area (Å²) < 4.78 is 4.51. The van der Waals surface area contributed by atoms with Crippen LogP contribution in [0.1, 0.15) is 19.4 Å². The van der Waals surface area contributed by atoms with E-state index < -0.39 is 11.9 Å². The SMILES string of the molecule is COC(=O)CNC(=O)C(Cc1ccccc1)C(C)SC(C)=O. The van der Waals surface area contributed by atoms with Crippen molar-refractivity contribution in [1.82, 2.24) is 5.32 Å². The van der Waals surface area contributed by atoms with Crippen LogP contribution in [0.5, 0.6) is 0 Å². The van der Waals surface area contributed by atoms with Crippen molar-refractivity contribution in [2.45, 2.75) is 25.5 Å². The Kier molecular flexibility index (Phi) is 7.66. The first-order valence-corrected chi connectivity index (χ1v) is 7.87. The normalized spacial score (nSPS) is 13.0. The minimum absolute atomic E-state index is 0.0358. The van der Waals surface area contributed by atoms with Crippen LogP contribution in [-0.2, 0) is 25.5 Å². The van der Waals surface area contributed by atoms with E-state index in [0.717, 1.165) is 17.3 Å². The molecule has 0 spiro atoms. The van der Waals surface area contributed by atoms with E-state index in [2.05, 4.69) is 10.1 Å². The average molecular weight is 323 g/mol. The highest BCUT2D eigenvalue weighted by Gasteiger charge is 2.27.